The number of rotatable bonds is 6. The van der Waals surface area contributed by atoms with Gasteiger partial charge >= 0.3 is 0 Å². The van der Waals surface area contributed by atoms with Crippen LogP contribution < -0.4 is 5.43 Å². The summed E-state index contributed by atoms with van der Waals surface area (Å²) in [6.07, 6.45) is 1.74. The quantitative estimate of drug-likeness (QED) is 0.171. The van der Waals surface area contributed by atoms with Crippen LogP contribution in [0.4, 0.5) is 0 Å². The number of para-hydroxylation sites is 2. The third kappa shape index (κ3) is 4.88. The number of halogens is 1. The predicted molar refractivity (Wildman–Crippen MR) is 164 cm³/mol. The number of pyridine rings is 1. The molecule has 0 saturated carbocycles. The Bertz CT molecular complexity index is 1890. The number of nitrogens with one attached hydrogen (secondary N) is 1. The number of fused-ring (bicyclic) bond motifs is 2. The van der Waals surface area contributed by atoms with E-state index in [1.54, 1.807) is 6.21 Å². The molecule has 1 N–H and O–H groups in total. The van der Waals surface area contributed by atoms with Gasteiger partial charge in [0.25, 0.3) is 5.91 Å². The monoisotopic (exact) mass is 542 g/mol. The normalized spacial score (nSPS) is 11.5. The van der Waals surface area contributed by atoms with Crippen LogP contribution in [0.3, 0.4) is 0 Å². The van der Waals surface area contributed by atoms with E-state index in [4.69, 9.17) is 16.6 Å². The summed E-state index contributed by atoms with van der Waals surface area (Å²) in [5, 5.41) is 7.01. The summed E-state index contributed by atoms with van der Waals surface area (Å²) in [6, 6.07) is 33.5. The van der Waals surface area contributed by atoms with E-state index in [0.717, 1.165) is 54.9 Å². The van der Waals surface area contributed by atoms with Crippen molar-refractivity contribution in [2.24, 2.45) is 5.10 Å². The number of hydrogen-bond donors (Lipinski definition) is 1. The van der Waals surface area contributed by atoms with Gasteiger partial charge in [0.2, 0.25) is 0 Å². The molecule has 2 aromatic heterocycles. The van der Waals surface area contributed by atoms with Gasteiger partial charge in [-0.15, -0.1) is 0 Å². The molecule has 6 heteroatoms. The lowest BCUT2D eigenvalue weighted by atomic mass is 10.0. The zero-order valence-electron chi connectivity index (χ0n) is 22.2. The van der Waals surface area contributed by atoms with Crippen molar-refractivity contribution in [3.63, 3.8) is 0 Å². The summed E-state index contributed by atoms with van der Waals surface area (Å²) in [5.74, 6) is -0.286. The van der Waals surface area contributed by atoms with Gasteiger partial charge < -0.3 is 4.57 Å². The maximum absolute atomic E-state index is 13.4. The van der Waals surface area contributed by atoms with Crippen LogP contribution in [0.25, 0.3) is 33.1 Å². The maximum atomic E-state index is 13.4. The van der Waals surface area contributed by atoms with Gasteiger partial charge in [0.15, 0.2) is 0 Å². The Labute approximate surface area is 237 Å². The molecule has 4 aromatic carbocycles. The van der Waals surface area contributed by atoms with E-state index in [1.165, 1.54) is 5.56 Å². The van der Waals surface area contributed by atoms with E-state index in [9.17, 15) is 4.79 Å². The number of aromatic nitrogens is 2. The molecule has 0 aliphatic rings. The summed E-state index contributed by atoms with van der Waals surface area (Å²) >= 11 is 6.11. The molecule has 0 radical (unpaired) electrons. The summed E-state index contributed by atoms with van der Waals surface area (Å²) < 4.78 is 2.29. The minimum Gasteiger partial charge on any atom is -0.340 e. The summed E-state index contributed by atoms with van der Waals surface area (Å²) in [5.41, 5.74) is 11.3. The molecule has 0 unspecified atom stereocenters. The van der Waals surface area contributed by atoms with Crippen LogP contribution in [0.15, 0.2) is 108 Å². The Morgan fingerprint density at radius 2 is 1.62 bits per heavy atom. The summed E-state index contributed by atoms with van der Waals surface area (Å²) in [7, 11) is 0. The second-order valence-electron chi connectivity index (χ2n) is 9.82. The average Bonchev–Trinajstić information content (AvgIpc) is 3.25. The Morgan fingerprint density at radius 1 is 0.900 bits per heavy atom. The largest absolute Gasteiger partial charge is 0.340 e. The lowest BCUT2D eigenvalue weighted by Crippen LogP contribution is -2.18. The number of hydrogen-bond acceptors (Lipinski definition) is 3. The molecule has 0 aliphatic carbocycles. The first-order chi connectivity index (χ1) is 19.5. The van der Waals surface area contributed by atoms with E-state index < -0.39 is 0 Å². The van der Waals surface area contributed by atoms with E-state index >= 15 is 0 Å². The molecule has 196 valence electrons. The summed E-state index contributed by atoms with van der Waals surface area (Å²) in [4.78, 5) is 18.2. The molecule has 0 atom stereocenters. The molecule has 40 heavy (non-hydrogen) atoms. The van der Waals surface area contributed by atoms with Gasteiger partial charge in [-0.2, -0.15) is 5.10 Å². The standard InChI is InChI=1S/C34H27ClN4O/c1-22-9-8-13-28-30(23(2)39(33(22)28)21-24-15-17-26(35)18-16-24)20-36-38-34(40)29-19-32(25-10-4-3-5-11-25)37-31-14-7-6-12-27(29)31/h3-20H,21H2,1-2H3,(H,38,40)/b36-20+. The van der Waals surface area contributed by atoms with Gasteiger partial charge in [-0.05, 0) is 49.2 Å². The minimum atomic E-state index is -0.286. The van der Waals surface area contributed by atoms with Crippen LogP contribution in [-0.2, 0) is 6.54 Å². The van der Waals surface area contributed by atoms with Crippen molar-refractivity contribution in [3.05, 3.63) is 136 Å². The van der Waals surface area contributed by atoms with Crippen molar-refractivity contribution in [2.45, 2.75) is 20.4 Å². The van der Waals surface area contributed by atoms with E-state index in [2.05, 4.69) is 41.1 Å². The smallest absolute Gasteiger partial charge is 0.272 e. The van der Waals surface area contributed by atoms with Crippen molar-refractivity contribution in [1.82, 2.24) is 15.0 Å². The highest BCUT2D eigenvalue weighted by atomic mass is 35.5. The molecule has 6 aromatic rings. The molecule has 0 saturated heterocycles. The molecule has 2 heterocycles. The molecule has 0 aliphatic heterocycles. The fourth-order valence-electron chi connectivity index (χ4n) is 5.21. The zero-order valence-corrected chi connectivity index (χ0v) is 23.0. The van der Waals surface area contributed by atoms with Crippen LogP contribution in [0, 0.1) is 13.8 Å². The van der Waals surface area contributed by atoms with Gasteiger partial charge in [-0.25, -0.2) is 10.4 Å². The third-order valence-electron chi connectivity index (χ3n) is 7.24. The molecule has 1 amide bonds. The predicted octanol–water partition coefficient (Wildman–Crippen LogP) is 7.94. The molecule has 0 fully saturated rings. The van der Waals surface area contributed by atoms with Gasteiger partial charge in [-0.3, -0.25) is 4.79 Å². The Morgan fingerprint density at radius 3 is 2.42 bits per heavy atom. The van der Waals surface area contributed by atoms with Crippen molar-refractivity contribution >= 4 is 45.5 Å². The molecule has 0 bridgehead atoms. The topological polar surface area (TPSA) is 59.3 Å². The van der Waals surface area contributed by atoms with Crippen LogP contribution in [0.5, 0.6) is 0 Å². The highest BCUT2D eigenvalue weighted by molar-refractivity contribution is 6.30. The van der Waals surface area contributed by atoms with Crippen LogP contribution >= 0.6 is 11.6 Å². The van der Waals surface area contributed by atoms with Crippen LogP contribution in [0.2, 0.25) is 5.02 Å². The van der Waals surface area contributed by atoms with Crippen molar-refractivity contribution in [1.29, 1.82) is 0 Å². The number of aryl methyl sites for hydroxylation is 1. The SMILES string of the molecule is Cc1cccc2c(/C=N/NC(=O)c3cc(-c4ccccc4)nc4ccccc34)c(C)n(Cc3ccc(Cl)cc3)c12. The van der Waals surface area contributed by atoms with Gasteiger partial charge in [-0.1, -0.05) is 90.5 Å². The molecule has 5 nitrogen and oxygen atoms in total. The van der Waals surface area contributed by atoms with Gasteiger partial charge in [0, 0.05) is 39.2 Å². The fourth-order valence-corrected chi connectivity index (χ4v) is 5.34. The Balaban J connectivity index is 1.34. The van der Waals surface area contributed by atoms with E-state index in [0.29, 0.717) is 12.1 Å². The van der Waals surface area contributed by atoms with Crippen molar-refractivity contribution in [3.8, 4) is 11.3 Å². The number of nitrogens with zero attached hydrogens (tertiary/aromatic N) is 3. The first-order valence-electron chi connectivity index (χ1n) is 13.1. The highest BCUT2D eigenvalue weighted by Crippen LogP contribution is 2.29. The molecular weight excluding hydrogens is 516 g/mol. The molecular formula is C34H27ClN4O. The van der Waals surface area contributed by atoms with Crippen LogP contribution in [-0.4, -0.2) is 21.7 Å². The maximum Gasteiger partial charge on any atom is 0.272 e. The zero-order chi connectivity index (χ0) is 27.6. The summed E-state index contributed by atoms with van der Waals surface area (Å²) in [6.45, 7) is 4.90. The third-order valence-corrected chi connectivity index (χ3v) is 7.49. The van der Waals surface area contributed by atoms with E-state index in [1.807, 2.05) is 91.0 Å². The number of amides is 1. The number of carbonyl (C=O) groups is 1. The van der Waals surface area contributed by atoms with Gasteiger partial charge in [0.1, 0.15) is 0 Å². The van der Waals surface area contributed by atoms with Crippen molar-refractivity contribution in [2.75, 3.05) is 0 Å². The lowest BCUT2D eigenvalue weighted by Gasteiger charge is -2.10. The highest BCUT2D eigenvalue weighted by Gasteiger charge is 2.16. The van der Waals surface area contributed by atoms with Crippen LogP contribution in [0.1, 0.15) is 32.7 Å². The average molecular weight is 543 g/mol. The molecule has 6 rings (SSSR count). The Kier molecular flexibility index (Phi) is 6.89. The number of carbonyl (C=O) groups excluding carboxylic acids is 1. The van der Waals surface area contributed by atoms with E-state index in [-0.39, 0.29) is 5.91 Å². The minimum absolute atomic E-state index is 0.286. The molecule has 0 spiro atoms. The number of hydrazone groups is 1. The van der Waals surface area contributed by atoms with Crippen molar-refractivity contribution < 1.29 is 4.79 Å². The number of benzene rings is 4. The second-order valence-corrected chi connectivity index (χ2v) is 10.3. The first-order valence-corrected chi connectivity index (χ1v) is 13.5. The second kappa shape index (κ2) is 10.8. The lowest BCUT2D eigenvalue weighted by molar-refractivity contribution is 0.0956. The fraction of sp³-hybridized carbons (Fsp3) is 0.0882. The van der Waals surface area contributed by atoms with Gasteiger partial charge in [0.05, 0.1) is 28.5 Å². The Hall–Kier alpha value is -4.74. The first kappa shape index (κ1) is 25.5.